The lowest BCUT2D eigenvalue weighted by atomic mass is 10.1. The smallest absolute Gasteiger partial charge is 0.0998 e. The molecule has 0 spiro atoms. The Bertz CT molecular complexity index is 453. The summed E-state index contributed by atoms with van der Waals surface area (Å²) in [5, 5.41) is 3.25. The van der Waals surface area contributed by atoms with E-state index in [1.807, 2.05) is 18.2 Å². The molecule has 2 heterocycles. The number of aryl methyl sites for hydroxylation is 1. The second kappa shape index (κ2) is 5.89. The number of pyridine rings is 1. The van der Waals surface area contributed by atoms with Crippen LogP contribution in [0.4, 0.5) is 0 Å². The summed E-state index contributed by atoms with van der Waals surface area (Å²) in [5.74, 6) is 0.567. The number of hydrogen-bond acceptors (Lipinski definition) is 4. The van der Waals surface area contributed by atoms with E-state index in [0.29, 0.717) is 5.92 Å². The second-order valence-electron chi connectivity index (χ2n) is 4.22. The van der Waals surface area contributed by atoms with Crippen LogP contribution in [-0.4, -0.2) is 16.5 Å². The van der Waals surface area contributed by atoms with Crippen LogP contribution < -0.4 is 5.73 Å². The number of hydrogen-bond donors (Lipinski definition) is 1. The van der Waals surface area contributed by atoms with Crippen molar-refractivity contribution in [2.45, 2.75) is 19.8 Å². The van der Waals surface area contributed by atoms with Crippen LogP contribution in [0.3, 0.4) is 0 Å². The summed E-state index contributed by atoms with van der Waals surface area (Å²) in [4.78, 5) is 8.90. The maximum Gasteiger partial charge on any atom is 0.0998 e. The zero-order valence-electron chi connectivity index (χ0n) is 9.97. The lowest BCUT2D eigenvalue weighted by Crippen LogP contribution is -2.11. The van der Waals surface area contributed by atoms with Gasteiger partial charge in [0, 0.05) is 11.6 Å². The maximum absolute atomic E-state index is 5.61. The van der Waals surface area contributed by atoms with E-state index in [1.165, 1.54) is 5.01 Å². The maximum atomic E-state index is 5.61. The normalized spacial score (nSPS) is 12.6. The lowest BCUT2D eigenvalue weighted by Gasteiger charge is -2.05. The van der Waals surface area contributed by atoms with Gasteiger partial charge in [0.05, 0.1) is 16.4 Å². The molecular weight excluding hydrogens is 230 g/mol. The van der Waals surface area contributed by atoms with Crippen molar-refractivity contribution in [2.75, 3.05) is 6.54 Å². The van der Waals surface area contributed by atoms with Crippen LogP contribution in [-0.2, 0) is 6.42 Å². The van der Waals surface area contributed by atoms with Gasteiger partial charge in [-0.3, -0.25) is 4.98 Å². The number of nitrogens with two attached hydrogens (primary N) is 1. The molecule has 1 atom stereocenters. The topological polar surface area (TPSA) is 51.8 Å². The van der Waals surface area contributed by atoms with E-state index in [9.17, 15) is 0 Å². The van der Waals surface area contributed by atoms with Gasteiger partial charge >= 0.3 is 0 Å². The quantitative estimate of drug-likeness (QED) is 0.884. The highest BCUT2D eigenvalue weighted by atomic mass is 32.1. The van der Waals surface area contributed by atoms with E-state index in [0.717, 1.165) is 30.8 Å². The van der Waals surface area contributed by atoms with Crippen molar-refractivity contribution < 1.29 is 0 Å². The van der Waals surface area contributed by atoms with Crippen molar-refractivity contribution in [2.24, 2.45) is 11.7 Å². The Morgan fingerprint density at radius 2 is 2.24 bits per heavy atom. The van der Waals surface area contributed by atoms with E-state index < -0.39 is 0 Å². The van der Waals surface area contributed by atoms with Gasteiger partial charge in [0.25, 0.3) is 0 Å². The first-order chi connectivity index (χ1) is 8.29. The third-order valence-corrected chi connectivity index (χ3v) is 3.64. The van der Waals surface area contributed by atoms with Gasteiger partial charge in [-0.25, -0.2) is 4.98 Å². The monoisotopic (exact) mass is 247 g/mol. The van der Waals surface area contributed by atoms with E-state index in [1.54, 1.807) is 17.5 Å². The summed E-state index contributed by atoms with van der Waals surface area (Å²) in [6, 6.07) is 5.89. The van der Waals surface area contributed by atoms with Crippen LogP contribution in [0.25, 0.3) is 11.4 Å². The number of aromatic nitrogens is 2. The Morgan fingerprint density at radius 1 is 1.35 bits per heavy atom. The number of thiazole rings is 1. The second-order valence-corrected chi connectivity index (χ2v) is 5.16. The van der Waals surface area contributed by atoms with Gasteiger partial charge in [-0.15, -0.1) is 11.3 Å². The summed E-state index contributed by atoms with van der Waals surface area (Å²) < 4.78 is 0. The van der Waals surface area contributed by atoms with Crippen molar-refractivity contribution in [3.8, 4) is 11.4 Å². The Morgan fingerprint density at radius 3 is 2.94 bits per heavy atom. The highest BCUT2D eigenvalue weighted by molar-refractivity contribution is 7.09. The first-order valence-corrected chi connectivity index (χ1v) is 6.73. The Hall–Kier alpha value is -1.26. The predicted octanol–water partition coefficient (Wildman–Crippen LogP) is 2.73. The first kappa shape index (κ1) is 12.2. The molecule has 2 N–H and O–H groups in total. The van der Waals surface area contributed by atoms with Crippen LogP contribution in [0.1, 0.15) is 18.4 Å². The molecule has 90 valence electrons. The fraction of sp³-hybridized carbons (Fsp3) is 0.385. The Kier molecular flexibility index (Phi) is 4.23. The molecule has 0 amide bonds. The van der Waals surface area contributed by atoms with Crippen molar-refractivity contribution >= 4 is 11.3 Å². The molecule has 2 aromatic rings. The van der Waals surface area contributed by atoms with Crippen molar-refractivity contribution in [1.82, 2.24) is 9.97 Å². The fourth-order valence-corrected chi connectivity index (χ4v) is 2.35. The van der Waals surface area contributed by atoms with E-state index >= 15 is 0 Å². The first-order valence-electron chi connectivity index (χ1n) is 5.85. The van der Waals surface area contributed by atoms with E-state index in [4.69, 9.17) is 5.73 Å². The lowest BCUT2D eigenvalue weighted by molar-refractivity contribution is 0.544. The third kappa shape index (κ3) is 3.35. The van der Waals surface area contributed by atoms with Gasteiger partial charge in [0.2, 0.25) is 0 Å². The SMILES string of the molecule is CC(CN)CCc1nc(-c2ccccn2)cs1. The summed E-state index contributed by atoms with van der Waals surface area (Å²) >= 11 is 1.70. The van der Waals surface area contributed by atoms with Gasteiger partial charge in [0.15, 0.2) is 0 Å². The van der Waals surface area contributed by atoms with E-state index in [-0.39, 0.29) is 0 Å². The number of rotatable bonds is 5. The summed E-state index contributed by atoms with van der Waals surface area (Å²) in [6.07, 6.45) is 3.91. The zero-order chi connectivity index (χ0) is 12.1. The van der Waals surface area contributed by atoms with Crippen LogP contribution in [0.2, 0.25) is 0 Å². The van der Waals surface area contributed by atoms with Crippen LogP contribution >= 0.6 is 11.3 Å². The zero-order valence-corrected chi connectivity index (χ0v) is 10.8. The molecule has 0 saturated heterocycles. The molecule has 0 bridgehead atoms. The summed E-state index contributed by atoms with van der Waals surface area (Å²) in [5.41, 5.74) is 7.53. The van der Waals surface area contributed by atoms with Crippen molar-refractivity contribution in [3.63, 3.8) is 0 Å². The minimum Gasteiger partial charge on any atom is -0.330 e. The molecule has 4 heteroatoms. The van der Waals surface area contributed by atoms with Crippen LogP contribution in [0.5, 0.6) is 0 Å². The predicted molar refractivity (Wildman–Crippen MR) is 71.9 cm³/mol. The summed E-state index contributed by atoms with van der Waals surface area (Å²) in [7, 11) is 0. The molecule has 0 aliphatic rings. The van der Waals surface area contributed by atoms with Crippen molar-refractivity contribution in [1.29, 1.82) is 0 Å². The average molecular weight is 247 g/mol. The minimum atomic E-state index is 0.567. The Balaban J connectivity index is 2.01. The molecule has 0 saturated carbocycles. The van der Waals surface area contributed by atoms with Gasteiger partial charge < -0.3 is 5.73 Å². The molecule has 3 nitrogen and oxygen atoms in total. The molecule has 0 aliphatic heterocycles. The minimum absolute atomic E-state index is 0.567. The molecule has 0 aromatic carbocycles. The molecule has 0 radical (unpaired) electrons. The highest BCUT2D eigenvalue weighted by Gasteiger charge is 2.06. The van der Waals surface area contributed by atoms with Crippen molar-refractivity contribution in [3.05, 3.63) is 34.8 Å². The van der Waals surface area contributed by atoms with Gasteiger partial charge in [0.1, 0.15) is 0 Å². The third-order valence-electron chi connectivity index (χ3n) is 2.73. The Labute approximate surface area is 106 Å². The van der Waals surface area contributed by atoms with E-state index in [2.05, 4.69) is 22.3 Å². The standard InChI is InChI=1S/C13H17N3S/c1-10(8-14)5-6-13-16-12(9-17-13)11-4-2-3-7-15-11/h2-4,7,9-10H,5-6,8,14H2,1H3. The largest absolute Gasteiger partial charge is 0.330 e. The van der Waals surface area contributed by atoms with Gasteiger partial charge in [-0.2, -0.15) is 0 Å². The highest BCUT2D eigenvalue weighted by Crippen LogP contribution is 2.21. The molecule has 2 aromatic heterocycles. The molecule has 17 heavy (non-hydrogen) atoms. The molecule has 0 aliphatic carbocycles. The molecule has 2 rings (SSSR count). The average Bonchev–Trinajstić information content (AvgIpc) is 2.86. The van der Waals surface area contributed by atoms with Crippen LogP contribution in [0, 0.1) is 5.92 Å². The van der Waals surface area contributed by atoms with Gasteiger partial charge in [-0.05, 0) is 37.4 Å². The van der Waals surface area contributed by atoms with Crippen LogP contribution in [0.15, 0.2) is 29.8 Å². The fourth-order valence-electron chi connectivity index (χ4n) is 1.55. The van der Waals surface area contributed by atoms with Gasteiger partial charge in [-0.1, -0.05) is 13.0 Å². The molecule has 1 unspecified atom stereocenters. The summed E-state index contributed by atoms with van der Waals surface area (Å²) in [6.45, 7) is 2.92. The number of nitrogens with zero attached hydrogens (tertiary/aromatic N) is 2. The molecule has 0 fully saturated rings. The molecular formula is C13H17N3S.